The second-order valence-corrected chi connectivity index (χ2v) is 8.77. The van der Waals surface area contributed by atoms with E-state index in [0.29, 0.717) is 32.1 Å². The number of hydrogen-bond acceptors (Lipinski definition) is 6. The van der Waals surface area contributed by atoms with Crippen molar-refractivity contribution in [3.63, 3.8) is 0 Å². The van der Waals surface area contributed by atoms with Crippen LogP contribution in [0.2, 0.25) is 0 Å². The lowest BCUT2D eigenvalue weighted by atomic mass is 10.3. The van der Waals surface area contributed by atoms with Crippen LogP contribution in [0, 0.1) is 0 Å². The number of morpholine rings is 1. The molecule has 8 nitrogen and oxygen atoms in total. The molecule has 0 saturated carbocycles. The molecule has 1 aliphatic heterocycles. The van der Waals surface area contributed by atoms with Crippen molar-refractivity contribution in [3.8, 4) is 5.75 Å². The van der Waals surface area contributed by atoms with Gasteiger partial charge >= 0.3 is 0 Å². The first kappa shape index (κ1) is 18.1. The predicted octanol–water partition coefficient (Wildman–Crippen LogP) is -0.364. The molecule has 1 N–H and O–H groups in total. The molecule has 0 aromatic heterocycles. The van der Waals surface area contributed by atoms with Gasteiger partial charge in [0.2, 0.25) is 20.0 Å². The summed E-state index contributed by atoms with van der Waals surface area (Å²) in [6.07, 6.45) is 1.07. The lowest BCUT2D eigenvalue weighted by Crippen LogP contribution is -2.40. The summed E-state index contributed by atoms with van der Waals surface area (Å²) in [5.74, 6) is 0.473. The number of rotatable bonds is 7. The third-order valence-electron chi connectivity index (χ3n) is 3.17. The molecule has 0 atom stereocenters. The van der Waals surface area contributed by atoms with Crippen LogP contribution in [0.25, 0.3) is 0 Å². The molecule has 0 bridgehead atoms. The lowest BCUT2D eigenvalue weighted by molar-refractivity contribution is 0.0730. The fourth-order valence-corrected chi connectivity index (χ4v) is 3.90. The Morgan fingerprint density at radius 3 is 2.30 bits per heavy atom. The minimum atomic E-state index is -3.52. The zero-order valence-electron chi connectivity index (χ0n) is 12.8. The number of hydrogen-bond donors (Lipinski definition) is 1. The van der Waals surface area contributed by atoms with Crippen molar-refractivity contribution in [2.45, 2.75) is 4.90 Å². The number of benzene rings is 1. The molecule has 1 heterocycles. The van der Waals surface area contributed by atoms with E-state index in [1.807, 2.05) is 0 Å². The van der Waals surface area contributed by atoms with Gasteiger partial charge < -0.3 is 9.47 Å². The van der Waals surface area contributed by atoms with Gasteiger partial charge in [-0.15, -0.1) is 0 Å². The van der Waals surface area contributed by atoms with E-state index in [9.17, 15) is 16.8 Å². The third kappa shape index (κ3) is 5.43. The van der Waals surface area contributed by atoms with Crippen molar-refractivity contribution < 1.29 is 26.3 Å². The zero-order valence-corrected chi connectivity index (χ0v) is 14.4. The third-order valence-corrected chi connectivity index (χ3v) is 5.81. The Hall–Kier alpha value is -1.20. The minimum absolute atomic E-state index is 0.145. The van der Waals surface area contributed by atoms with Gasteiger partial charge in [-0.05, 0) is 24.3 Å². The van der Waals surface area contributed by atoms with Crippen LogP contribution in [-0.4, -0.2) is 66.9 Å². The molecule has 1 aromatic rings. The Bertz CT molecular complexity index is 709. The van der Waals surface area contributed by atoms with Gasteiger partial charge in [0.1, 0.15) is 12.4 Å². The van der Waals surface area contributed by atoms with Gasteiger partial charge in [0.25, 0.3) is 0 Å². The van der Waals surface area contributed by atoms with Crippen LogP contribution in [0.5, 0.6) is 5.75 Å². The molecule has 23 heavy (non-hydrogen) atoms. The Balaban J connectivity index is 1.93. The van der Waals surface area contributed by atoms with Crippen molar-refractivity contribution in [3.05, 3.63) is 24.3 Å². The second-order valence-electron chi connectivity index (χ2n) is 5.00. The average molecular weight is 364 g/mol. The van der Waals surface area contributed by atoms with Crippen LogP contribution >= 0.6 is 0 Å². The topological polar surface area (TPSA) is 102 Å². The van der Waals surface area contributed by atoms with Crippen molar-refractivity contribution in [1.29, 1.82) is 0 Å². The highest BCUT2D eigenvalue weighted by atomic mass is 32.2. The van der Waals surface area contributed by atoms with Gasteiger partial charge in [0.15, 0.2) is 0 Å². The van der Waals surface area contributed by atoms with Gasteiger partial charge in [0, 0.05) is 19.6 Å². The molecule has 1 fully saturated rings. The van der Waals surface area contributed by atoms with E-state index < -0.39 is 20.0 Å². The Morgan fingerprint density at radius 2 is 1.74 bits per heavy atom. The molecule has 0 spiro atoms. The maximum atomic E-state index is 12.4. The summed E-state index contributed by atoms with van der Waals surface area (Å²) in [4.78, 5) is 0.195. The molecular formula is C13H20N2O6S2. The van der Waals surface area contributed by atoms with Crippen LogP contribution in [0.4, 0.5) is 0 Å². The molecule has 2 rings (SSSR count). The van der Waals surface area contributed by atoms with Gasteiger partial charge in [-0.1, -0.05) is 0 Å². The maximum absolute atomic E-state index is 12.4. The van der Waals surface area contributed by atoms with Gasteiger partial charge in [0.05, 0.1) is 24.4 Å². The fraction of sp³-hybridized carbons (Fsp3) is 0.538. The fourth-order valence-electron chi connectivity index (χ4n) is 2.04. The first-order chi connectivity index (χ1) is 10.8. The van der Waals surface area contributed by atoms with Gasteiger partial charge in [-0.25, -0.2) is 21.6 Å². The van der Waals surface area contributed by atoms with E-state index in [1.54, 1.807) is 12.1 Å². The summed E-state index contributed by atoms with van der Waals surface area (Å²) in [7, 11) is -6.76. The first-order valence-corrected chi connectivity index (χ1v) is 10.4. The van der Waals surface area contributed by atoms with Crippen molar-refractivity contribution in [2.75, 3.05) is 45.7 Å². The Morgan fingerprint density at radius 1 is 1.13 bits per heavy atom. The smallest absolute Gasteiger partial charge is 0.243 e. The molecular weight excluding hydrogens is 344 g/mol. The molecule has 0 aliphatic carbocycles. The Labute approximate surface area is 136 Å². The maximum Gasteiger partial charge on any atom is 0.243 e. The van der Waals surface area contributed by atoms with E-state index in [2.05, 4.69) is 4.72 Å². The average Bonchev–Trinajstić information content (AvgIpc) is 2.52. The molecule has 10 heteroatoms. The van der Waals surface area contributed by atoms with E-state index in [4.69, 9.17) is 9.47 Å². The van der Waals surface area contributed by atoms with Crippen molar-refractivity contribution in [2.24, 2.45) is 0 Å². The lowest BCUT2D eigenvalue weighted by Gasteiger charge is -2.26. The summed E-state index contributed by atoms with van der Waals surface area (Å²) in [6.45, 7) is 1.78. The number of nitrogens with one attached hydrogen (secondary N) is 1. The van der Waals surface area contributed by atoms with Crippen LogP contribution in [0.3, 0.4) is 0 Å². The van der Waals surface area contributed by atoms with E-state index >= 15 is 0 Å². The molecule has 0 unspecified atom stereocenters. The van der Waals surface area contributed by atoms with E-state index in [1.165, 1.54) is 16.4 Å². The van der Waals surface area contributed by atoms with Gasteiger partial charge in [-0.2, -0.15) is 4.31 Å². The predicted molar refractivity (Wildman–Crippen MR) is 84.4 cm³/mol. The quantitative estimate of drug-likeness (QED) is 0.663. The van der Waals surface area contributed by atoms with Crippen molar-refractivity contribution in [1.82, 2.24) is 9.03 Å². The Kier molecular flexibility index (Phi) is 5.98. The highest BCUT2D eigenvalue weighted by molar-refractivity contribution is 7.89. The van der Waals surface area contributed by atoms with Crippen LogP contribution < -0.4 is 9.46 Å². The van der Waals surface area contributed by atoms with Crippen LogP contribution in [0.15, 0.2) is 29.2 Å². The summed E-state index contributed by atoms with van der Waals surface area (Å²) in [6, 6.07) is 6.05. The standard InChI is InChI=1S/C13H20N2O6S2/c1-22(16,17)14-6-9-21-12-2-4-13(5-3-12)23(18,19)15-7-10-20-11-8-15/h2-5,14H,6-11H2,1H3. The first-order valence-electron chi connectivity index (χ1n) is 7.04. The number of nitrogens with zero attached hydrogens (tertiary/aromatic N) is 1. The monoisotopic (exact) mass is 364 g/mol. The number of sulfonamides is 2. The van der Waals surface area contributed by atoms with Crippen LogP contribution in [0.1, 0.15) is 0 Å². The highest BCUT2D eigenvalue weighted by Gasteiger charge is 2.26. The molecule has 1 saturated heterocycles. The SMILES string of the molecule is CS(=O)(=O)NCCOc1ccc(S(=O)(=O)N2CCOCC2)cc1. The van der Waals surface area contributed by atoms with E-state index in [0.717, 1.165) is 6.26 Å². The normalized spacial score (nSPS) is 17.1. The van der Waals surface area contributed by atoms with Crippen LogP contribution in [-0.2, 0) is 24.8 Å². The molecule has 0 amide bonds. The summed E-state index contributed by atoms with van der Waals surface area (Å²) < 4.78 is 60.9. The molecule has 0 radical (unpaired) electrons. The summed E-state index contributed by atoms with van der Waals surface area (Å²) in [5.41, 5.74) is 0. The molecule has 1 aromatic carbocycles. The molecule has 130 valence electrons. The largest absolute Gasteiger partial charge is 0.492 e. The summed E-state index contributed by atoms with van der Waals surface area (Å²) in [5, 5.41) is 0. The number of ether oxygens (including phenoxy) is 2. The summed E-state index contributed by atoms with van der Waals surface area (Å²) >= 11 is 0. The van der Waals surface area contributed by atoms with Gasteiger partial charge in [-0.3, -0.25) is 0 Å². The highest BCUT2D eigenvalue weighted by Crippen LogP contribution is 2.20. The second kappa shape index (κ2) is 7.58. The minimum Gasteiger partial charge on any atom is -0.492 e. The molecule has 1 aliphatic rings. The van der Waals surface area contributed by atoms with E-state index in [-0.39, 0.29) is 18.0 Å². The zero-order chi connectivity index (χ0) is 16.9. The van der Waals surface area contributed by atoms with Crippen molar-refractivity contribution >= 4 is 20.0 Å².